The number of methoxy groups -OCH3 is 1. The summed E-state index contributed by atoms with van der Waals surface area (Å²) in [5.74, 6) is -2.26. The van der Waals surface area contributed by atoms with E-state index in [1.165, 1.54) is 24.3 Å². The van der Waals surface area contributed by atoms with Crippen LogP contribution in [0.15, 0.2) is 36.4 Å². The number of carbonyl (C=O) groups is 1. The molecule has 0 heterocycles. The lowest BCUT2D eigenvalue weighted by atomic mass is 10.1. The minimum atomic E-state index is -1.38. The number of rotatable bonds is 4. The summed E-state index contributed by atoms with van der Waals surface area (Å²) < 4.78 is 31.6. The van der Waals surface area contributed by atoms with Gasteiger partial charge in [0.1, 0.15) is 5.82 Å². The summed E-state index contributed by atoms with van der Waals surface area (Å²) in [5, 5.41) is 12.5. The lowest BCUT2D eigenvalue weighted by Gasteiger charge is -2.17. The Labute approximate surface area is 130 Å². The van der Waals surface area contributed by atoms with E-state index in [0.29, 0.717) is 0 Å². The second kappa shape index (κ2) is 6.72. The van der Waals surface area contributed by atoms with Crippen LogP contribution < -0.4 is 5.32 Å². The second-order valence-corrected chi connectivity index (χ2v) is 4.78. The van der Waals surface area contributed by atoms with Gasteiger partial charge in [-0.05, 0) is 24.3 Å². The van der Waals surface area contributed by atoms with Gasteiger partial charge in [-0.1, -0.05) is 23.7 Å². The Kier molecular flexibility index (Phi) is 4.95. The molecule has 4 nitrogen and oxygen atoms in total. The molecular weight excluding hydrogens is 316 g/mol. The van der Waals surface area contributed by atoms with E-state index in [9.17, 15) is 18.7 Å². The molecule has 2 N–H and O–H groups in total. The van der Waals surface area contributed by atoms with Crippen LogP contribution in [0.2, 0.25) is 5.02 Å². The van der Waals surface area contributed by atoms with Crippen LogP contribution in [0.5, 0.6) is 0 Å². The number of nitrogens with one attached hydrogen (secondary N) is 1. The zero-order valence-corrected chi connectivity index (χ0v) is 12.2. The van der Waals surface area contributed by atoms with Crippen molar-refractivity contribution in [3.8, 4) is 0 Å². The number of hydrogen-bond acceptors (Lipinski definition) is 4. The third kappa shape index (κ3) is 3.35. The molecule has 0 spiro atoms. The molecule has 0 radical (unpaired) electrons. The Bertz CT molecular complexity index is 709. The fourth-order valence-electron chi connectivity index (χ4n) is 1.86. The van der Waals surface area contributed by atoms with Gasteiger partial charge < -0.3 is 15.2 Å². The first-order valence-electron chi connectivity index (χ1n) is 6.20. The number of hydrogen-bond donors (Lipinski definition) is 2. The molecule has 0 aliphatic carbocycles. The van der Waals surface area contributed by atoms with Crippen LogP contribution in [0.25, 0.3) is 0 Å². The third-order valence-electron chi connectivity index (χ3n) is 2.95. The normalized spacial score (nSPS) is 11.9. The highest BCUT2D eigenvalue weighted by Crippen LogP contribution is 2.27. The van der Waals surface area contributed by atoms with E-state index in [1.807, 2.05) is 0 Å². The molecule has 0 saturated carbocycles. The first kappa shape index (κ1) is 16.2. The summed E-state index contributed by atoms with van der Waals surface area (Å²) in [6.45, 7) is 0. The Balaban J connectivity index is 2.28. The summed E-state index contributed by atoms with van der Waals surface area (Å²) in [5.41, 5.74) is -0.216. The SMILES string of the molecule is COC(=O)c1cccc(NC(O)c2ccc(F)cc2Cl)c1F. The summed E-state index contributed by atoms with van der Waals surface area (Å²) in [7, 11) is 1.13. The number of halogens is 3. The molecule has 0 aromatic heterocycles. The minimum absolute atomic E-state index is 0.00969. The Morgan fingerprint density at radius 1 is 1.32 bits per heavy atom. The third-order valence-corrected chi connectivity index (χ3v) is 3.28. The van der Waals surface area contributed by atoms with Crippen LogP contribution in [-0.2, 0) is 4.74 Å². The predicted octanol–water partition coefficient (Wildman–Crippen LogP) is 3.51. The number of benzene rings is 2. The molecule has 0 bridgehead atoms. The molecular formula is C15H12ClF2NO3. The van der Waals surface area contributed by atoms with Gasteiger partial charge in [-0.3, -0.25) is 0 Å². The predicted molar refractivity (Wildman–Crippen MR) is 77.7 cm³/mol. The molecule has 2 aromatic rings. The van der Waals surface area contributed by atoms with E-state index in [1.54, 1.807) is 0 Å². The zero-order valence-electron chi connectivity index (χ0n) is 11.4. The van der Waals surface area contributed by atoms with Crippen molar-refractivity contribution in [2.75, 3.05) is 12.4 Å². The molecule has 0 aliphatic rings. The van der Waals surface area contributed by atoms with Gasteiger partial charge in [0.2, 0.25) is 0 Å². The van der Waals surface area contributed by atoms with E-state index < -0.39 is 23.8 Å². The summed E-state index contributed by atoms with van der Waals surface area (Å²) >= 11 is 5.83. The molecule has 116 valence electrons. The molecule has 0 saturated heterocycles. The van der Waals surface area contributed by atoms with Crippen molar-refractivity contribution >= 4 is 23.3 Å². The number of carbonyl (C=O) groups excluding carboxylic acids is 1. The van der Waals surface area contributed by atoms with Crippen LogP contribution in [0.4, 0.5) is 14.5 Å². The van der Waals surface area contributed by atoms with E-state index >= 15 is 0 Å². The van der Waals surface area contributed by atoms with Gasteiger partial charge in [0.15, 0.2) is 12.0 Å². The number of aliphatic hydroxyl groups excluding tert-OH is 1. The molecule has 0 aliphatic heterocycles. The van der Waals surface area contributed by atoms with Crippen molar-refractivity contribution in [2.45, 2.75) is 6.23 Å². The lowest BCUT2D eigenvalue weighted by Crippen LogP contribution is -2.13. The van der Waals surface area contributed by atoms with Crippen molar-refractivity contribution in [3.63, 3.8) is 0 Å². The van der Waals surface area contributed by atoms with Gasteiger partial charge in [0, 0.05) is 5.56 Å². The van der Waals surface area contributed by atoms with Crippen LogP contribution in [0.3, 0.4) is 0 Å². The first-order chi connectivity index (χ1) is 10.4. The van der Waals surface area contributed by atoms with Crippen LogP contribution in [-0.4, -0.2) is 18.2 Å². The maximum atomic E-state index is 14.2. The fourth-order valence-corrected chi connectivity index (χ4v) is 2.13. The Hall–Kier alpha value is -2.18. The van der Waals surface area contributed by atoms with Gasteiger partial charge in [0.05, 0.1) is 23.4 Å². The summed E-state index contributed by atoms with van der Waals surface area (Å²) in [4.78, 5) is 11.4. The first-order valence-corrected chi connectivity index (χ1v) is 6.58. The van der Waals surface area contributed by atoms with Crippen molar-refractivity contribution in [3.05, 3.63) is 64.2 Å². The average Bonchev–Trinajstić information content (AvgIpc) is 2.48. The fraction of sp³-hybridized carbons (Fsp3) is 0.133. The second-order valence-electron chi connectivity index (χ2n) is 4.37. The van der Waals surface area contributed by atoms with Crippen LogP contribution in [0, 0.1) is 11.6 Å². The van der Waals surface area contributed by atoms with E-state index in [2.05, 4.69) is 10.1 Å². The summed E-state index contributed by atoms with van der Waals surface area (Å²) in [6, 6.07) is 7.44. The van der Waals surface area contributed by atoms with Crippen molar-refractivity contribution in [1.82, 2.24) is 0 Å². The lowest BCUT2D eigenvalue weighted by molar-refractivity contribution is 0.0595. The standard InChI is InChI=1S/C15H12ClF2NO3/c1-22-15(21)10-3-2-4-12(13(10)18)19-14(20)9-6-5-8(17)7-11(9)16/h2-7,14,19-20H,1H3. The van der Waals surface area contributed by atoms with Crippen LogP contribution >= 0.6 is 11.6 Å². The van der Waals surface area contributed by atoms with E-state index in [0.717, 1.165) is 19.2 Å². The molecule has 22 heavy (non-hydrogen) atoms. The van der Waals surface area contributed by atoms with Crippen molar-refractivity contribution in [1.29, 1.82) is 0 Å². The van der Waals surface area contributed by atoms with Crippen LogP contribution in [0.1, 0.15) is 22.1 Å². The van der Waals surface area contributed by atoms with Gasteiger partial charge >= 0.3 is 5.97 Å². The monoisotopic (exact) mass is 327 g/mol. The molecule has 0 amide bonds. The zero-order chi connectivity index (χ0) is 16.3. The maximum Gasteiger partial charge on any atom is 0.340 e. The van der Waals surface area contributed by atoms with Crippen molar-refractivity contribution in [2.24, 2.45) is 0 Å². The smallest absolute Gasteiger partial charge is 0.340 e. The number of anilines is 1. The van der Waals surface area contributed by atoms with E-state index in [4.69, 9.17) is 11.6 Å². The number of aliphatic hydroxyl groups is 1. The van der Waals surface area contributed by atoms with Gasteiger partial charge in [-0.25, -0.2) is 13.6 Å². The van der Waals surface area contributed by atoms with Crippen molar-refractivity contribution < 1.29 is 23.4 Å². The largest absolute Gasteiger partial charge is 0.465 e. The molecule has 1 unspecified atom stereocenters. The van der Waals surface area contributed by atoms with Gasteiger partial charge in [-0.15, -0.1) is 0 Å². The van der Waals surface area contributed by atoms with Gasteiger partial charge in [-0.2, -0.15) is 0 Å². The highest BCUT2D eigenvalue weighted by atomic mass is 35.5. The summed E-state index contributed by atoms with van der Waals surface area (Å²) in [6.07, 6.45) is -1.38. The molecule has 1 atom stereocenters. The maximum absolute atomic E-state index is 14.2. The minimum Gasteiger partial charge on any atom is -0.465 e. The molecule has 2 rings (SSSR count). The topological polar surface area (TPSA) is 58.6 Å². The highest BCUT2D eigenvalue weighted by molar-refractivity contribution is 6.31. The quantitative estimate of drug-likeness (QED) is 0.666. The van der Waals surface area contributed by atoms with E-state index in [-0.39, 0.29) is 21.8 Å². The molecule has 0 fully saturated rings. The molecule has 7 heteroatoms. The molecule has 2 aromatic carbocycles. The average molecular weight is 328 g/mol. The Morgan fingerprint density at radius 2 is 2.05 bits per heavy atom. The number of ether oxygens (including phenoxy) is 1. The van der Waals surface area contributed by atoms with Gasteiger partial charge in [0.25, 0.3) is 0 Å². The highest BCUT2D eigenvalue weighted by Gasteiger charge is 2.18. The number of esters is 1. The Morgan fingerprint density at radius 3 is 2.68 bits per heavy atom.